The van der Waals surface area contributed by atoms with E-state index >= 15 is 0 Å². The number of hydrogen-bond acceptors (Lipinski definition) is 3. The van der Waals surface area contributed by atoms with E-state index in [1.54, 1.807) is 12.1 Å². The maximum Gasteiger partial charge on any atom is 0.153 e. The molecule has 0 aromatic heterocycles. The first-order valence-electron chi connectivity index (χ1n) is 4.07. The molecule has 0 atom stereocenters. The molecule has 0 saturated carbocycles. The minimum absolute atomic E-state index is 0.0921. The third-order valence-corrected chi connectivity index (χ3v) is 1.73. The zero-order valence-corrected chi connectivity index (χ0v) is 7.77. The van der Waals surface area contributed by atoms with Crippen LogP contribution in [0.4, 0.5) is 0 Å². The second-order valence-corrected chi connectivity index (χ2v) is 2.62. The summed E-state index contributed by atoms with van der Waals surface area (Å²) < 4.78 is 5.06. The number of benzene rings is 1. The first-order valence-corrected chi connectivity index (χ1v) is 4.07. The first kappa shape index (κ1) is 10.2. The first-order chi connectivity index (χ1) is 6.81. The highest BCUT2D eigenvalue weighted by atomic mass is 16.5. The second-order valence-electron chi connectivity index (χ2n) is 2.62. The van der Waals surface area contributed by atoms with Crippen LogP contribution >= 0.6 is 0 Å². The average molecular weight is 190 g/mol. The van der Waals surface area contributed by atoms with E-state index in [4.69, 9.17) is 4.74 Å². The zero-order chi connectivity index (χ0) is 10.4. The van der Waals surface area contributed by atoms with Crippen molar-refractivity contribution >= 4 is 18.6 Å². The lowest BCUT2D eigenvalue weighted by Crippen LogP contribution is -1.89. The Morgan fingerprint density at radius 1 is 1.21 bits per heavy atom. The quantitative estimate of drug-likeness (QED) is 0.312. The lowest BCUT2D eigenvalue weighted by molar-refractivity contribution is -0.109. The number of hydrogen-bond donors (Lipinski definition) is 0. The Hall–Kier alpha value is -1.90. The van der Waals surface area contributed by atoms with Crippen LogP contribution < -0.4 is 4.74 Å². The molecule has 0 heterocycles. The number of methoxy groups -OCH3 is 1. The van der Waals surface area contributed by atoms with E-state index in [2.05, 4.69) is 0 Å². The summed E-state index contributed by atoms with van der Waals surface area (Å²) in [5, 5.41) is 0. The molecule has 3 heteroatoms. The molecule has 0 aliphatic carbocycles. The molecule has 0 amide bonds. The van der Waals surface area contributed by atoms with Crippen molar-refractivity contribution in [3.63, 3.8) is 0 Å². The molecule has 0 fully saturated rings. The lowest BCUT2D eigenvalue weighted by Gasteiger charge is -2.03. The van der Waals surface area contributed by atoms with Gasteiger partial charge in [-0.05, 0) is 12.1 Å². The molecule has 72 valence electrons. The van der Waals surface area contributed by atoms with Crippen molar-refractivity contribution in [3.8, 4) is 5.75 Å². The summed E-state index contributed by atoms with van der Waals surface area (Å²) in [5.74, 6) is 0.633. The van der Waals surface area contributed by atoms with Crippen LogP contribution in [0.15, 0.2) is 29.8 Å². The van der Waals surface area contributed by atoms with Crippen molar-refractivity contribution in [2.24, 2.45) is 0 Å². The summed E-state index contributed by atoms with van der Waals surface area (Å²) in [7, 11) is 1.54. The van der Waals surface area contributed by atoms with Gasteiger partial charge in [0, 0.05) is 5.56 Å². The topological polar surface area (TPSA) is 43.4 Å². The average Bonchev–Trinajstić information content (AvgIpc) is 2.26. The fourth-order valence-corrected chi connectivity index (χ4v) is 1.06. The van der Waals surface area contributed by atoms with E-state index in [0.29, 0.717) is 23.9 Å². The largest absolute Gasteiger partial charge is 0.496 e. The van der Waals surface area contributed by atoms with Crippen LogP contribution in [0.3, 0.4) is 0 Å². The van der Waals surface area contributed by atoms with Gasteiger partial charge in [-0.2, -0.15) is 0 Å². The van der Waals surface area contributed by atoms with Gasteiger partial charge in [0.05, 0.1) is 12.7 Å². The van der Waals surface area contributed by atoms with Crippen LogP contribution in [-0.4, -0.2) is 19.7 Å². The zero-order valence-electron chi connectivity index (χ0n) is 7.77. The Labute approximate surface area is 82.0 Å². The summed E-state index contributed by atoms with van der Waals surface area (Å²) >= 11 is 0. The van der Waals surface area contributed by atoms with Crippen molar-refractivity contribution in [2.75, 3.05) is 7.11 Å². The van der Waals surface area contributed by atoms with Crippen LogP contribution in [0, 0.1) is 0 Å². The van der Waals surface area contributed by atoms with Gasteiger partial charge in [0.1, 0.15) is 5.75 Å². The van der Waals surface area contributed by atoms with Gasteiger partial charge in [-0.3, -0.25) is 9.59 Å². The monoisotopic (exact) mass is 190 g/mol. The minimum Gasteiger partial charge on any atom is -0.496 e. The predicted octanol–water partition coefficient (Wildman–Crippen LogP) is 1.48. The van der Waals surface area contributed by atoms with Crippen LogP contribution in [0.5, 0.6) is 5.75 Å². The van der Waals surface area contributed by atoms with Crippen molar-refractivity contribution < 1.29 is 14.3 Å². The van der Waals surface area contributed by atoms with Gasteiger partial charge >= 0.3 is 0 Å². The molecule has 14 heavy (non-hydrogen) atoms. The molecule has 3 nitrogen and oxygen atoms in total. The lowest BCUT2D eigenvalue weighted by atomic mass is 10.1. The Morgan fingerprint density at radius 3 is 2.43 bits per heavy atom. The Morgan fingerprint density at radius 2 is 1.86 bits per heavy atom. The fourth-order valence-electron chi connectivity index (χ4n) is 1.06. The minimum atomic E-state index is 0.0921. The molecule has 0 aliphatic rings. The molecule has 1 rings (SSSR count). The molecule has 0 N–H and O–H groups in total. The highest BCUT2D eigenvalue weighted by Gasteiger charge is 1.99. The summed E-state index contributed by atoms with van der Waals surface area (Å²) in [6.07, 6.45) is 2.51. The van der Waals surface area contributed by atoms with Crippen molar-refractivity contribution in [1.29, 1.82) is 0 Å². The van der Waals surface area contributed by atoms with Crippen LogP contribution in [-0.2, 0) is 9.59 Å². The van der Waals surface area contributed by atoms with Crippen LogP contribution in [0.1, 0.15) is 5.56 Å². The summed E-state index contributed by atoms with van der Waals surface area (Å²) in [6, 6.07) is 7.16. The summed E-state index contributed by atoms with van der Waals surface area (Å²) in [5.41, 5.74) is 0.804. The maximum absolute atomic E-state index is 10.4. The third kappa shape index (κ3) is 2.29. The highest BCUT2D eigenvalue weighted by Crippen LogP contribution is 2.19. The number of allylic oxidation sites excluding steroid dienone is 1. The van der Waals surface area contributed by atoms with E-state index in [-0.39, 0.29) is 5.57 Å². The molecule has 0 radical (unpaired) electrons. The fraction of sp³-hybridized carbons (Fsp3) is 0.0909. The van der Waals surface area contributed by atoms with Gasteiger partial charge in [0.15, 0.2) is 12.6 Å². The molecule has 0 saturated heterocycles. The molecule has 0 spiro atoms. The third-order valence-electron chi connectivity index (χ3n) is 1.73. The Bertz CT molecular complexity index is 357. The second kappa shape index (κ2) is 4.97. The number of carbonyl (C=O) groups excluding carboxylic acids is 2. The SMILES string of the molecule is COc1ccccc1C=C(C=O)C=O. The number of ether oxygens (including phenoxy) is 1. The van der Waals surface area contributed by atoms with Crippen molar-refractivity contribution in [1.82, 2.24) is 0 Å². The van der Waals surface area contributed by atoms with Gasteiger partial charge in [0.25, 0.3) is 0 Å². The normalized spacial score (nSPS) is 8.93. The van der Waals surface area contributed by atoms with Crippen LogP contribution in [0.25, 0.3) is 6.08 Å². The number of rotatable bonds is 4. The van der Waals surface area contributed by atoms with Gasteiger partial charge in [0.2, 0.25) is 0 Å². The van der Waals surface area contributed by atoms with E-state index in [0.717, 1.165) is 0 Å². The van der Waals surface area contributed by atoms with Gasteiger partial charge < -0.3 is 4.74 Å². The van der Waals surface area contributed by atoms with Crippen LogP contribution in [0.2, 0.25) is 0 Å². The van der Waals surface area contributed by atoms with E-state index < -0.39 is 0 Å². The smallest absolute Gasteiger partial charge is 0.153 e. The molecular weight excluding hydrogens is 180 g/mol. The molecule has 0 unspecified atom stereocenters. The summed E-state index contributed by atoms with van der Waals surface area (Å²) in [4.78, 5) is 20.8. The van der Waals surface area contributed by atoms with Gasteiger partial charge in [-0.25, -0.2) is 0 Å². The number of carbonyl (C=O) groups is 2. The van der Waals surface area contributed by atoms with Crippen molar-refractivity contribution in [2.45, 2.75) is 0 Å². The maximum atomic E-state index is 10.4. The molecule has 0 aliphatic heterocycles. The van der Waals surface area contributed by atoms with E-state index in [1.165, 1.54) is 13.2 Å². The predicted molar refractivity (Wildman–Crippen MR) is 53.1 cm³/mol. The molecule has 1 aromatic carbocycles. The standard InChI is InChI=1S/C11H10O3/c1-14-11-5-3-2-4-10(11)6-9(7-12)8-13/h2-8H,1H3. The van der Waals surface area contributed by atoms with E-state index in [9.17, 15) is 9.59 Å². The molecular formula is C11H10O3. The van der Waals surface area contributed by atoms with Gasteiger partial charge in [-0.1, -0.05) is 18.2 Å². The highest BCUT2D eigenvalue weighted by molar-refractivity contribution is 6.04. The molecule has 1 aromatic rings. The number of aldehydes is 2. The summed E-state index contributed by atoms with van der Waals surface area (Å²) in [6.45, 7) is 0. The number of para-hydroxylation sites is 1. The van der Waals surface area contributed by atoms with Crippen molar-refractivity contribution in [3.05, 3.63) is 35.4 Å². The van der Waals surface area contributed by atoms with Gasteiger partial charge in [-0.15, -0.1) is 0 Å². The molecule has 0 bridgehead atoms. The van der Waals surface area contributed by atoms with E-state index in [1.807, 2.05) is 12.1 Å². The Balaban J connectivity index is 3.11. The Kier molecular flexibility index (Phi) is 3.61.